The summed E-state index contributed by atoms with van der Waals surface area (Å²) in [5.74, 6) is 0.0645. The summed E-state index contributed by atoms with van der Waals surface area (Å²) in [6.45, 7) is 2.12. The molecule has 1 amide bonds. The topological polar surface area (TPSA) is 32.3 Å². The van der Waals surface area contributed by atoms with Gasteiger partial charge in [0.1, 0.15) is 6.04 Å². The molecule has 0 aliphatic carbocycles. The van der Waals surface area contributed by atoms with Crippen molar-refractivity contribution in [2.24, 2.45) is 0 Å². The van der Waals surface area contributed by atoms with Gasteiger partial charge in [-0.05, 0) is 30.8 Å². The number of para-hydroxylation sites is 1. The number of unbranched alkanes of at least 4 members (excludes halogenated alkanes) is 1. The van der Waals surface area contributed by atoms with Gasteiger partial charge in [0, 0.05) is 0 Å². The minimum Gasteiger partial charge on any atom is -0.350 e. The van der Waals surface area contributed by atoms with E-state index in [9.17, 15) is 4.79 Å². The van der Waals surface area contributed by atoms with Crippen molar-refractivity contribution in [1.82, 2.24) is 5.32 Å². The first-order chi connectivity index (χ1) is 8.24. The van der Waals surface area contributed by atoms with Gasteiger partial charge in [0.25, 0.3) is 5.91 Å². The average molecular weight is 248 g/mol. The van der Waals surface area contributed by atoms with Gasteiger partial charge in [-0.25, -0.2) is 0 Å². The zero-order valence-electron chi connectivity index (χ0n) is 9.85. The molecule has 1 aromatic rings. The third kappa shape index (κ3) is 2.47. The van der Waals surface area contributed by atoms with Gasteiger partial charge in [-0.15, -0.1) is 0 Å². The van der Waals surface area contributed by atoms with Gasteiger partial charge in [0.05, 0.1) is 5.69 Å². The Morgan fingerprint density at radius 3 is 2.71 bits per heavy atom. The highest BCUT2D eigenvalue weighted by atomic mass is 32.1. The predicted octanol–water partition coefficient (Wildman–Crippen LogP) is 2.47. The van der Waals surface area contributed by atoms with Gasteiger partial charge in [0.2, 0.25) is 0 Å². The lowest BCUT2D eigenvalue weighted by molar-refractivity contribution is -0.118. The van der Waals surface area contributed by atoms with Crippen molar-refractivity contribution in [2.75, 3.05) is 4.90 Å². The highest BCUT2D eigenvalue weighted by Gasteiger charge is 2.35. The molecule has 0 radical (unpaired) electrons. The Morgan fingerprint density at radius 1 is 1.35 bits per heavy atom. The molecule has 0 aromatic heterocycles. The Bertz CT molecular complexity index is 419. The number of amides is 1. The normalized spacial score (nSPS) is 19.6. The van der Waals surface area contributed by atoms with Crippen LogP contribution in [0.25, 0.3) is 0 Å². The Hall–Kier alpha value is -1.42. The lowest BCUT2D eigenvalue weighted by atomic mass is 10.1. The van der Waals surface area contributed by atoms with Crippen LogP contribution in [0.15, 0.2) is 30.3 Å². The van der Waals surface area contributed by atoms with Crippen molar-refractivity contribution in [3.63, 3.8) is 0 Å². The lowest BCUT2D eigenvalue weighted by Gasteiger charge is -2.14. The highest BCUT2D eigenvalue weighted by molar-refractivity contribution is 7.80. The maximum Gasteiger partial charge on any atom is 0.255 e. The summed E-state index contributed by atoms with van der Waals surface area (Å²) in [7, 11) is 0. The third-order valence-corrected chi connectivity index (χ3v) is 3.18. The van der Waals surface area contributed by atoms with Crippen LogP contribution >= 0.6 is 12.2 Å². The maximum absolute atomic E-state index is 12.2. The number of nitrogens with one attached hydrogen (secondary N) is 1. The number of rotatable bonds is 4. The van der Waals surface area contributed by atoms with E-state index >= 15 is 0 Å². The third-order valence-electron chi connectivity index (χ3n) is 2.88. The van der Waals surface area contributed by atoms with Crippen LogP contribution in [-0.2, 0) is 4.79 Å². The molecule has 1 fully saturated rings. The Balaban J connectivity index is 2.15. The fourth-order valence-electron chi connectivity index (χ4n) is 1.96. The summed E-state index contributed by atoms with van der Waals surface area (Å²) in [4.78, 5) is 13.8. The summed E-state index contributed by atoms with van der Waals surface area (Å²) in [5, 5.41) is 3.61. The number of hydrogen-bond acceptors (Lipinski definition) is 2. The van der Waals surface area contributed by atoms with E-state index in [2.05, 4.69) is 12.2 Å². The van der Waals surface area contributed by atoms with Crippen LogP contribution in [0.3, 0.4) is 0 Å². The molecule has 1 atom stereocenters. The number of thiocarbonyl (C=S) groups is 1. The number of benzene rings is 1. The molecule has 1 aromatic carbocycles. The minimum atomic E-state index is -0.150. The quantitative estimate of drug-likeness (QED) is 0.831. The van der Waals surface area contributed by atoms with Crippen LogP contribution in [0.4, 0.5) is 5.69 Å². The Morgan fingerprint density at radius 2 is 2.06 bits per heavy atom. The van der Waals surface area contributed by atoms with Crippen molar-refractivity contribution < 1.29 is 4.79 Å². The Kier molecular flexibility index (Phi) is 3.74. The molecule has 2 rings (SSSR count). The molecule has 1 aliphatic rings. The first kappa shape index (κ1) is 12.0. The number of carbonyl (C=O) groups is 1. The molecular weight excluding hydrogens is 232 g/mol. The van der Waals surface area contributed by atoms with Gasteiger partial charge in [-0.1, -0.05) is 38.0 Å². The maximum atomic E-state index is 12.2. The van der Waals surface area contributed by atoms with E-state index in [-0.39, 0.29) is 11.9 Å². The molecule has 0 unspecified atom stereocenters. The van der Waals surface area contributed by atoms with E-state index in [1.54, 1.807) is 4.90 Å². The number of nitrogens with zero attached hydrogens (tertiary/aromatic N) is 1. The predicted molar refractivity (Wildman–Crippen MR) is 73.0 cm³/mol. The standard InChI is InChI=1S/C13H16N2OS/c1-2-3-9-11-12(16)15(13(17)14-11)10-7-5-4-6-8-10/h4-8,11H,2-3,9H2,1H3,(H,14,17)/t11-/m1/s1. The van der Waals surface area contributed by atoms with Crippen molar-refractivity contribution in [2.45, 2.75) is 32.2 Å². The minimum absolute atomic E-state index is 0.0645. The molecule has 0 bridgehead atoms. The summed E-state index contributed by atoms with van der Waals surface area (Å²) in [6.07, 6.45) is 2.97. The fraction of sp³-hybridized carbons (Fsp3) is 0.385. The first-order valence-corrected chi connectivity index (χ1v) is 6.34. The van der Waals surface area contributed by atoms with Crippen LogP contribution < -0.4 is 10.2 Å². The SMILES string of the molecule is CCCC[C@H]1NC(=S)N(c2ccccc2)C1=O. The van der Waals surface area contributed by atoms with Gasteiger partial charge in [-0.3, -0.25) is 9.69 Å². The van der Waals surface area contributed by atoms with Crippen LogP contribution in [0.1, 0.15) is 26.2 Å². The second-order valence-corrected chi connectivity index (χ2v) is 4.54. The van der Waals surface area contributed by atoms with E-state index in [1.807, 2.05) is 30.3 Å². The van der Waals surface area contributed by atoms with Crippen molar-refractivity contribution in [3.05, 3.63) is 30.3 Å². The lowest BCUT2D eigenvalue weighted by Crippen LogP contribution is -2.31. The molecule has 1 saturated heterocycles. The molecule has 0 saturated carbocycles. The number of anilines is 1. The summed E-state index contributed by atoms with van der Waals surface area (Å²) >= 11 is 5.22. The molecular formula is C13H16N2OS. The molecule has 17 heavy (non-hydrogen) atoms. The van der Waals surface area contributed by atoms with E-state index in [4.69, 9.17) is 12.2 Å². The molecule has 0 spiro atoms. The fourth-order valence-corrected chi connectivity index (χ4v) is 2.29. The molecule has 1 heterocycles. The van der Waals surface area contributed by atoms with Crippen LogP contribution in [0.2, 0.25) is 0 Å². The van der Waals surface area contributed by atoms with E-state index < -0.39 is 0 Å². The summed E-state index contributed by atoms with van der Waals surface area (Å²) in [5.41, 5.74) is 0.842. The zero-order chi connectivity index (χ0) is 12.3. The van der Waals surface area contributed by atoms with Crippen molar-refractivity contribution >= 4 is 28.9 Å². The molecule has 90 valence electrons. The number of hydrogen-bond donors (Lipinski definition) is 1. The smallest absolute Gasteiger partial charge is 0.255 e. The van der Waals surface area contributed by atoms with Crippen molar-refractivity contribution in [3.8, 4) is 0 Å². The van der Waals surface area contributed by atoms with Crippen LogP contribution in [-0.4, -0.2) is 17.1 Å². The van der Waals surface area contributed by atoms with Crippen LogP contribution in [0, 0.1) is 0 Å². The van der Waals surface area contributed by atoms with Gasteiger partial charge in [-0.2, -0.15) is 0 Å². The summed E-state index contributed by atoms with van der Waals surface area (Å²) in [6, 6.07) is 9.38. The van der Waals surface area contributed by atoms with Gasteiger partial charge >= 0.3 is 0 Å². The van der Waals surface area contributed by atoms with E-state index in [0.717, 1.165) is 24.9 Å². The molecule has 1 N–H and O–H groups in total. The number of carbonyl (C=O) groups excluding carboxylic acids is 1. The summed E-state index contributed by atoms with van der Waals surface area (Å²) < 4.78 is 0. The van der Waals surface area contributed by atoms with Crippen LogP contribution in [0.5, 0.6) is 0 Å². The molecule has 1 aliphatic heterocycles. The Labute approximate surface area is 107 Å². The van der Waals surface area contributed by atoms with Gasteiger partial charge < -0.3 is 5.32 Å². The monoisotopic (exact) mass is 248 g/mol. The van der Waals surface area contributed by atoms with Gasteiger partial charge in [0.15, 0.2) is 5.11 Å². The molecule has 3 nitrogen and oxygen atoms in total. The molecule has 4 heteroatoms. The largest absolute Gasteiger partial charge is 0.350 e. The highest BCUT2D eigenvalue weighted by Crippen LogP contribution is 2.20. The average Bonchev–Trinajstić information content (AvgIpc) is 2.63. The zero-order valence-corrected chi connectivity index (χ0v) is 10.7. The second kappa shape index (κ2) is 5.27. The van der Waals surface area contributed by atoms with E-state index in [0.29, 0.717) is 5.11 Å². The first-order valence-electron chi connectivity index (χ1n) is 5.93. The second-order valence-electron chi connectivity index (χ2n) is 4.15. The van der Waals surface area contributed by atoms with E-state index in [1.165, 1.54) is 0 Å². The van der Waals surface area contributed by atoms with Crippen molar-refractivity contribution in [1.29, 1.82) is 0 Å².